The molecular formula is C14H14N2O2. The van der Waals surface area contributed by atoms with Crippen molar-refractivity contribution in [2.75, 3.05) is 0 Å². The first-order valence-corrected chi connectivity index (χ1v) is 6.01. The topological polar surface area (TPSA) is 55.1 Å². The van der Waals surface area contributed by atoms with Gasteiger partial charge in [0.2, 0.25) is 0 Å². The highest BCUT2D eigenvalue weighted by molar-refractivity contribution is 5.75. The van der Waals surface area contributed by atoms with Gasteiger partial charge in [-0.25, -0.2) is 4.98 Å². The van der Waals surface area contributed by atoms with Crippen LogP contribution in [0.4, 0.5) is 0 Å². The molecule has 2 atom stereocenters. The molecule has 0 spiro atoms. The van der Waals surface area contributed by atoms with Gasteiger partial charge in [0.25, 0.3) is 0 Å². The second-order valence-electron chi connectivity index (χ2n) is 4.76. The fourth-order valence-electron chi connectivity index (χ4n) is 2.30. The van der Waals surface area contributed by atoms with E-state index in [4.69, 9.17) is 5.11 Å². The summed E-state index contributed by atoms with van der Waals surface area (Å²) in [5.41, 5.74) is 2.33. The summed E-state index contributed by atoms with van der Waals surface area (Å²) in [7, 11) is 0. The van der Waals surface area contributed by atoms with Gasteiger partial charge < -0.3 is 9.67 Å². The molecule has 1 aliphatic carbocycles. The van der Waals surface area contributed by atoms with Crippen LogP contribution in [0.1, 0.15) is 23.5 Å². The van der Waals surface area contributed by atoms with Crippen molar-refractivity contribution in [3.63, 3.8) is 0 Å². The number of hydrogen-bond donors (Lipinski definition) is 1. The number of aromatic nitrogens is 2. The number of rotatable bonds is 4. The maximum absolute atomic E-state index is 10.8. The SMILES string of the molecule is O=C(O)[C@H]1C[C@@H]1c1ccc(Cn2ccnc2)cc1. The molecule has 1 aromatic heterocycles. The van der Waals surface area contributed by atoms with E-state index < -0.39 is 5.97 Å². The maximum Gasteiger partial charge on any atom is 0.307 e. The normalized spacial score (nSPS) is 21.8. The molecule has 3 rings (SSSR count). The lowest BCUT2D eigenvalue weighted by molar-refractivity contribution is -0.138. The van der Waals surface area contributed by atoms with E-state index >= 15 is 0 Å². The van der Waals surface area contributed by atoms with E-state index in [1.807, 2.05) is 22.9 Å². The molecule has 0 aliphatic heterocycles. The van der Waals surface area contributed by atoms with Gasteiger partial charge in [0.05, 0.1) is 12.2 Å². The molecule has 4 nitrogen and oxygen atoms in total. The number of hydrogen-bond acceptors (Lipinski definition) is 2. The van der Waals surface area contributed by atoms with Crippen LogP contribution in [0.5, 0.6) is 0 Å². The van der Waals surface area contributed by atoms with Crippen molar-refractivity contribution in [3.8, 4) is 0 Å². The van der Waals surface area contributed by atoms with Crippen molar-refractivity contribution in [2.24, 2.45) is 5.92 Å². The average Bonchev–Trinajstić information content (AvgIpc) is 3.02. The van der Waals surface area contributed by atoms with Crippen LogP contribution in [0.2, 0.25) is 0 Å². The molecule has 1 N–H and O–H groups in total. The third kappa shape index (κ3) is 2.14. The van der Waals surface area contributed by atoms with E-state index in [1.165, 1.54) is 5.56 Å². The van der Waals surface area contributed by atoms with Gasteiger partial charge in [-0.3, -0.25) is 4.79 Å². The van der Waals surface area contributed by atoms with Gasteiger partial charge in [0, 0.05) is 18.9 Å². The van der Waals surface area contributed by atoms with Gasteiger partial charge >= 0.3 is 5.97 Å². The number of carboxylic acids is 1. The second kappa shape index (κ2) is 4.29. The minimum Gasteiger partial charge on any atom is -0.481 e. The number of carboxylic acid groups (broad SMARTS) is 1. The Morgan fingerprint density at radius 2 is 2.17 bits per heavy atom. The number of aliphatic carboxylic acids is 1. The molecule has 92 valence electrons. The third-order valence-electron chi connectivity index (χ3n) is 3.44. The first kappa shape index (κ1) is 11.0. The van der Waals surface area contributed by atoms with E-state index in [0.717, 1.165) is 18.5 Å². The summed E-state index contributed by atoms with van der Waals surface area (Å²) in [6.45, 7) is 0.799. The number of nitrogens with zero attached hydrogens (tertiary/aromatic N) is 2. The maximum atomic E-state index is 10.8. The zero-order valence-corrected chi connectivity index (χ0v) is 9.86. The largest absolute Gasteiger partial charge is 0.481 e. The Bertz CT molecular complexity index is 546. The Balaban J connectivity index is 1.68. The summed E-state index contributed by atoms with van der Waals surface area (Å²) in [4.78, 5) is 14.8. The Hall–Kier alpha value is -2.10. The van der Waals surface area contributed by atoms with Crippen LogP contribution in [0.3, 0.4) is 0 Å². The van der Waals surface area contributed by atoms with E-state index in [1.54, 1.807) is 12.5 Å². The van der Waals surface area contributed by atoms with Gasteiger partial charge in [-0.05, 0) is 23.5 Å². The Kier molecular flexibility index (Phi) is 2.63. The highest BCUT2D eigenvalue weighted by atomic mass is 16.4. The zero-order chi connectivity index (χ0) is 12.5. The molecule has 0 saturated heterocycles. The van der Waals surface area contributed by atoms with Crippen LogP contribution < -0.4 is 0 Å². The molecule has 18 heavy (non-hydrogen) atoms. The molecule has 2 aromatic rings. The minimum atomic E-state index is -0.678. The van der Waals surface area contributed by atoms with E-state index in [0.29, 0.717) is 0 Å². The lowest BCUT2D eigenvalue weighted by Crippen LogP contribution is -1.99. The average molecular weight is 242 g/mol. The van der Waals surface area contributed by atoms with E-state index in [-0.39, 0.29) is 11.8 Å². The van der Waals surface area contributed by atoms with Gasteiger partial charge in [-0.15, -0.1) is 0 Å². The van der Waals surface area contributed by atoms with Crippen LogP contribution in [0.15, 0.2) is 43.0 Å². The summed E-state index contributed by atoms with van der Waals surface area (Å²) in [6.07, 6.45) is 6.25. The van der Waals surface area contributed by atoms with Crippen LogP contribution in [0, 0.1) is 5.92 Å². The van der Waals surface area contributed by atoms with Crippen molar-refractivity contribution < 1.29 is 9.90 Å². The molecule has 1 saturated carbocycles. The monoisotopic (exact) mass is 242 g/mol. The third-order valence-corrected chi connectivity index (χ3v) is 3.44. The van der Waals surface area contributed by atoms with Crippen LogP contribution in [-0.4, -0.2) is 20.6 Å². The standard InChI is InChI=1S/C14H14N2O2/c17-14(18)13-7-12(13)11-3-1-10(2-4-11)8-16-6-5-15-9-16/h1-6,9,12-13H,7-8H2,(H,17,18)/t12-,13+/m1/s1. The Morgan fingerprint density at radius 3 is 2.72 bits per heavy atom. The molecule has 1 fully saturated rings. The lowest BCUT2D eigenvalue weighted by Gasteiger charge is -2.04. The predicted octanol–water partition coefficient (Wildman–Crippen LogP) is 2.12. The van der Waals surface area contributed by atoms with Crippen molar-refractivity contribution in [2.45, 2.75) is 18.9 Å². The molecule has 4 heteroatoms. The summed E-state index contributed by atoms with van der Waals surface area (Å²) < 4.78 is 2.01. The number of carbonyl (C=O) groups is 1. The molecule has 0 amide bonds. The molecule has 0 bridgehead atoms. The predicted molar refractivity (Wildman–Crippen MR) is 66.3 cm³/mol. The van der Waals surface area contributed by atoms with Crippen LogP contribution >= 0.6 is 0 Å². The minimum absolute atomic E-state index is 0.176. The Morgan fingerprint density at radius 1 is 1.39 bits per heavy atom. The highest BCUT2D eigenvalue weighted by Gasteiger charge is 2.43. The molecule has 0 radical (unpaired) electrons. The van der Waals surface area contributed by atoms with Crippen molar-refractivity contribution >= 4 is 5.97 Å². The van der Waals surface area contributed by atoms with Crippen LogP contribution in [0.25, 0.3) is 0 Å². The lowest BCUT2D eigenvalue weighted by atomic mass is 10.1. The van der Waals surface area contributed by atoms with Crippen molar-refractivity contribution in [3.05, 3.63) is 54.1 Å². The summed E-state index contributed by atoms with van der Waals surface area (Å²) in [6, 6.07) is 8.21. The molecule has 1 heterocycles. The summed E-state index contributed by atoms with van der Waals surface area (Å²) >= 11 is 0. The van der Waals surface area contributed by atoms with Gasteiger partial charge in [0.1, 0.15) is 0 Å². The fraction of sp³-hybridized carbons (Fsp3) is 0.286. The van der Waals surface area contributed by atoms with E-state index in [2.05, 4.69) is 17.1 Å². The van der Waals surface area contributed by atoms with Gasteiger partial charge in [-0.2, -0.15) is 0 Å². The molecule has 0 unspecified atom stereocenters. The summed E-state index contributed by atoms with van der Waals surface area (Å²) in [5, 5.41) is 8.90. The number of benzene rings is 1. The van der Waals surface area contributed by atoms with E-state index in [9.17, 15) is 4.79 Å². The molecular weight excluding hydrogens is 228 g/mol. The smallest absolute Gasteiger partial charge is 0.307 e. The molecule has 1 aliphatic rings. The van der Waals surface area contributed by atoms with Gasteiger partial charge in [0.15, 0.2) is 0 Å². The summed E-state index contributed by atoms with van der Waals surface area (Å²) in [5.74, 6) is -0.642. The number of imidazole rings is 1. The first-order valence-electron chi connectivity index (χ1n) is 6.01. The van der Waals surface area contributed by atoms with Gasteiger partial charge in [-0.1, -0.05) is 24.3 Å². The molecule has 1 aromatic carbocycles. The van der Waals surface area contributed by atoms with Crippen molar-refractivity contribution in [1.29, 1.82) is 0 Å². The Labute approximate surface area is 105 Å². The van der Waals surface area contributed by atoms with Crippen molar-refractivity contribution in [1.82, 2.24) is 9.55 Å². The van der Waals surface area contributed by atoms with Crippen LogP contribution in [-0.2, 0) is 11.3 Å². The zero-order valence-electron chi connectivity index (χ0n) is 9.86. The quantitative estimate of drug-likeness (QED) is 0.893. The first-order chi connectivity index (χ1) is 8.74. The fourth-order valence-corrected chi connectivity index (χ4v) is 2.30. The second-order valence-corrected chi connectivity index (χ2v) is 4.76. The highest BCUT2D eigenvalue weighted by Crippen LogP contribution is 2.47.